The van der Waals surface area contributed by atoms with Crippen LogP contribution in [0.3, 0.4) is 0 Å². The van der Waals surface area contributed by atoms with Crippen LogP contribution in [-0.4, -0.2) is 47.8 Å². The van der Waals surface area contributed by atoms with Crippen LogP contribution in [0.2, 0.25) is 0 Å². The van der Waals surface area contributed by atoms with Gasteiger partial charge in [-0.3, -0.25) is 19.3 Å². The molecule has 1 aliphatic rings. The molecule has 0 heterocycles. The lowest BCUT2D eigenvalue weighted by Crippen LogP contribution is -2.51. The van der Waals surface area contributed by atoms with Gasteiger partial charge in [0.2, 0.25) is 17.7 Å². The fourth-order valence-electron chi connectivity index (χ4n) is 4.37. The molecule has 3 rings (SSSR count). The van der Waals surface area contributed by atoms with Crippen LogP contribution in [0.25, 0.3) is 0 Å². The minimum absolute atomic E-state index is 0.125. The van der Waals surface area contributed by atoms with Gasteiger partial charge in [-0.2, -0.15) is 5.26 Å². The summed E-state index contributed by atoms with van der Waals surface area (Å²) in [6, 6.07) is 13.7. The third-order valence-corrected chi connectivity index (χ3v) is 6.62. The van der Waals surface area contributed by atoms with Gasteiger partial charge in [0.1, 0.15) is 5.54 Å². The van der Waals surface area contributed by atoms with E-state index in [2.05, 4.69) is 22.0 Å². The first-order valence-corrected chi connectivity index (χ1v) is 12.2. The second-order valence-corrected chi connectivity index (χ2v) is 9.91. The summed E-state index contributed by atoms with van der Waals surface area (Å²) in [5.41, 5.74) is 4.19. The largest absolute Gasteiger partial charge is 0.337 e. The zero-order valence-electron chi connectivity index (χ0n) is 21.7. The second-order valence-electron chi connectivity index (χ2n) is 9.91. The Labute approximate surface area is 213 Å². The van der Waals surface area contributed by atoms with Crippen molar-refractivity contribution in [1.29, 1.82) is 5.26 Å². The Hall–Kier alpha value is -3.70. The smallest absolute Gasteiger partial charge is 0.238 e. The van der Waals surface area contributed by atoms with Gasteiger partial charge in [0.25, 0.3) is 0 Å². The van der Waals surface area contributed by atoms with E-state index in [-0.39, 0.29) is 37.4 Å². The van der Waals surface area contributed by atoms with Crippen LogP contribution in [0.4, 0.5) is 11.4 Å². The van der Waals surface area contributed by atoms with Gasteiger partial charge in [0.05, 0.1) is 25.7 Å². The molecule has 1 atom stereocenters. The molecule has 8 nitrogen and oxygen atoms in total. The fraction of sp³-hybridized carbons (Fsp3) is 0.429. The normalized spacial score (nSPS) is 14.5. The van der Waals surface area contributed by atoms with E-state index in [1.807, 2.05) is 64.1 Å². The van der Waals surface area contributed by atoms with E-state index >= 15 is 0 Å². The summed E-state index contributed by atoms with van der Waals surface area (Å²) in [5.74, 6) is -0.930. The van der Waals surface area contributed by atoms with Gasteiger partial charge in [0.15, 0.2) is 0 Å². The Morgan fingerprint density at radius 1 is 0.833 bits per heavy atom. The number of anilines is 2. The lowest BCUT2D eigenvalue weighted by Gasteiger charge is -2.26. The van der Waals surface area contributed by atoms with E-state index in [1.54, 1.807) is 6.92 Å². The van der Waals surface area contributed by atoms with Crippen molar-refractivity contribution in [3.8, 4) is 6.07 Å². The Bertz CT molecular complexity index is 1090. The number of nitrogens with zero attached hydrogens (tertiary/aromatic N) is 2. The molecule has 0 bridgehead atoms. The highest BCUT2D eigenvalue weighted by atomic mass is 16.2. The summed E-state index contributed by atoms with van der Waals surface area (Å²) in [7, 11) is 0. The van der Waals surface area contributed by atoms with Crippen molar-refractivity contribution in [1.82, 2.24) is 10.2 Å². The van der Waals surface area contributed by atoms with E-state index in [0.717, 1.165) is 46.5 Å². The number of nitrogens with one attached hydrogen (secondary N) is 3. The van der Waals surface area contributed by atoms with Gasteiger partial charge < -0.3 is 16.0 Å². The van der Waals surface area contributed by atoms with Crippen molar-refractivity contribution < 1.29 is 14.4 Å². The van der Waals surface area contributed by atoms with Crippen molar-refractivity contribution >= 4 is 29.1 Å². The molecule has 0 radical (unpaired) electrons. The van der Waals surface area contributed by atoms with Gasteiger partial charge in [-0.15, -0.1) is 0 Å². The Morgan fingerprint density at radius 3 is 1.58 bits per heavy atom. The zero-order chi connectivity index (χ0) is 26.5. The molecule has 3 amide bonds. The van der Waals surface area contributed by atoms with Crippen molar-refractivity contribution in [3.05, 3.63) is 58.7 Å². The minimum atomic E-state index is -0.955. The number of para-hydroxylation sites is 2. The molecule has 0 aromatic heterocycles. The predicted octanol–water partition coefficient (Wildman–Crippen LogP) is 3.61. The van der Waals surface area contributed by atoms with E-state index in [9.17, 15) is 19.6 Å². The standard InChI is InChI=1S/C28H35N5O3/c1-18-8-6-9-19(2)26(18)30-23(34)14-33(16-25(36)32-28(5,17-29)22-12-13-22)15-24(35)31-27-20(3)10-7-11-21(27)4/h6-11,22H,12-16H2,1-5H3,(H,30,34)(H,31,35)(H,32,36). The summed E-state index contributed by atoms with van der Waals surface area (Å²) in [4.78, 5) is 40.3. The number of aryl methyl sites for hydroxylation is 4. The number of carbonyl (C=O) groups is 3. The number of hydrogen-bond acceptors (Lipinski definition) is 5. The molecule has 3 N–H and O–H groups in total. The lowest BCUT2D eigenvalue weighted by molar-refractivity contribution is -0.125. The van der Waals surface area contributed by atoms with Crippen LogP contribution in [0.15, 0.2) is 36.4 Å². The van der Waals surface area contributed by atoms with Crippen molar-refractivity contribution in [2.75, 3.05) is 30.3 Å². The van der Waals surface area contributed by atoms with Crippen molar-refractivity contribution in [3.63, 3.8) is 0 Å². The summed E-state index contributed by atoms with van der Waals surface area (Å²) >= 11 is 0. The van der Waals surface area contributed by atoms with Crippen LogP contribution in [-0.2, 0) is 14.4 Å². The average Bonchev–Trinajstić information content (AvgIpc) is 3.65. The Balaban J connectivity index is 1.73. The van der Waals surface area contributed by atoms with Crippen LogP contribution in [0.1, 0.15) is 42.0 Å². The molecule has 1 unspecified atom stereocenters. The van der Waals surface area contributed by atoms with Crippen LogP contribution >= 0.6 is 0 Å². The average molecular weight is 490 g/mol. The first-order valence-electron chi connectivity index (χ1n) is 12.2. The first-order chi connectivity index (χ1) is 17.0. The van der Waals surface area contributed by atoms with Gasteiger partial charge in [-0.25, -0.2) is 0 Å². The lowest BCUT2D eigenvalue weighted by atomic mass is 9.98. The number of carbonyl (C=O) groups excluding carboxylic acids is 3. The highest BCUT2D eigenvalue weighted by Crippen LogP contribution is 2.39. The van der Waals surface area contributed by atoms with E-state index in [1.165, 1.54) is 4.90 Å². The monoisotopic (exact) mass is 489 g/mol. The molecule has 36 heavy (non-hydrogen) atoms. The number of rotatable bonds is 10. The maximum Gasteiger partial charge on any atom is 0.238 e. The Morgan fingerprint density at radius 2 is 1.22 bits per heavy atom. The van der Waals surface area contributed by atoms with Gasteiger partial charge in [-0.1, -0.05) is 36.4 Å². The summed E-state index contributed by atoms with van der Waals surface area (Å²) < 4.78 is 0. The van der Waals surface area contributed by atoms with Crippen molar-refractivity contribution in [2.24, 2.45) is 5.92 Å². The maximum atomic E-state index is 12.9. The molecule has 1 aliphatic carbocycles. The van der Waals surface area contributed by atoms with E-state index in [4.69, 9.17) is 0 Å². The Kier molecular flexibility index (Phi) is 8.49. The van der Waals surface area contributed by atoms with Crippen LogP contribution in [0, 0.1) is 44.9 Å². The second kappa shape index (κ2) is 11.4. The molecular formula is C28H35N5O3. The van der Waals surface area contributed by atoms with Crippen molar-refractivity contribution in [2.45, 2.75) is 53.0 Å². The third-order valence-electron chi connectivity index (χ3n) is 6.62. The molecule has 2 aromatic rings. The molecule has 2 aromatic carbocycles. The predicted molar refractivity (Wildman–Crippen MR) is 140 cm³/mol. The van der Waals surface area contributed by atoms with Gasteiger partial charge >= 0.3 is 0 Å². The minimum Gasteiger partial charge on any atom is -0.337 e. The number of nitriles is 1. The topological polar surface area (TPSA) is 114 Å². The van der Waals surface area contributed by atoms with Crippen LogP contribution < -0.4 is 16.0 Å². The highest BCUT2D eigenvalue weighted by Gasteiger charge is 2.43. The molecule has 1 fully saturated rings. The van der Waals surface area contributed by atoms with Crippen LogP contribution in [0.5, 0.6) is 0 Å². The molecule has 1 saturated carbocycles. The molecule has 0 saturated heterocycles. The molecule has 8 heteroatoms. The van der Waals surface area contributed by atoms with Gasteiger partial charge in [0, 0.05) is 11.4 Å². The number of benzene rings is 2. The molecule has 0 aliphatic heterocycles. The third kappa shape index (κ3) is 6.92. The van der Waals surface area contributed by atoms with E-state index < -0.39 is 11.4 Å². The number of hydrogen-bond donors (Lipinski definition) is 3. The first kappa shape index (κ1) is 26.9. The quantitative estimate of drug-likeness (QED) is 0.472. The summed E-state index contributed by atoms with van der Waals surface area (Å²) in [6.07, 6.45) is 1.79. The zero-order valence-corrected chi connectivity index (χ0v) is 21.7. The van der Waals surface area contributed by atoms with E-state index in [0.29, 0.717) is 0 Å². The summed E-state index contributed by atoms with van der Waals surface area (Å²) in [6.45, 7) is 8.85. The molecule has 0 spiro atoms. The SMILES string of the molecule is Cc1cccc(C)c1NC(=O)CN(CC(=O)Nc1c(C)cccc1C)CC(=O)NC(C)(C#N)C1CC1. The summed E-state index contributed by atoms with van der Waals surface area (Å²) in [5, 5.41) is 18.2. The van der Waals surface area contributed by atoms with Gasteiger partial charge in [-0.05, 0) is 75.6 Å². The molecule has 190 valence electrons. The highest BCUT2D eigenvalue weighted by molar-refractivity contribution is 5.96. The maximum absolute atomic E-state index is 12.9. The fourth-order valence-corrected chi connectivity index (χ4v) is 4.37. The number of amides is 3. The molecular weight excluding hydrogens is 454 g/mol.